The van der Waals surface area contributed by atoms with E-state index in [1.165, 1.54) is 0 Å². The summed E-state index contributed by atoms with van der Waals surface area (Å²) in [7, 11) is 0. The predicted molar refractivity (Wildman–Crippen MR) is 147 cm³/mol. The van der Waals surface area contributed by atoms with Crippen molar-refractivity contribution in [3.8, 4) is 0 Å². The first kappa shape index (κ1) is 25.2. The van der Waals surface area contributed by atoms with E-state index in [9.17, 15) is 14.4 Å². The number of fused-ring (bicyclic) bond motifs is 3. The van der Waals surface area contributed by atoms with E-state index in [1.807, 2.05) is 74.5 Å². The summed E-state index contributed by atoms with van der Waals surface area (Å²) in [6, 6.07) is 19.0. The first-order valence-electron chi connectivity index (χ1n) is 13.6. The summed E-state index contributed by atoms with van der Waals surface area (Å²) in [6.07, 6.45) is 3.91. The summed E-state index contributed by atoms with van der Waals surface area (Å²) < 4.78 is 6.14. The first-order chi connectivity index (χ1) is 18.9. The third kappa shape index (κ3) is 4.10. The van der Waals surface area contributed by atoms with Crippen LogP contribution in [0, 0.1) is 0 Å². The number of nitrogens with zero attached hydrogens (tertiary/aromatic N) is 2. The molecular weight excluding hydrogens is 492 g/mol. The molecule has 2 atom stereocenters. The van der Waals surface area contributed by atoms with Crippen LogP contribution < -0.4 is 10.6 Å². The molecule has 1 aromatic heterocycles. The lowest BCUT2D eigenvalue weighted by atomic mass is 9.79. The molecule has 1 fully saturated rings. The van der Waals surface area contributed by atoms with Gasteiger partial charge >= 0.3 is 0 Å². The van der Waals surface area contributed by atoms with Crippen molar-refractivity contribution in [1.82, 2.24) is 9.88 Å². The molecule has 8 nitrogen and oxygen atoms in total. The van der Waals surface area contributed by atoms with Crippen LogP contribution in [0.2, 0.25) is 0 Å². The minimum Gasteiger partial charge on any atom is -0.363 e. The van der Waals surface area contributed by atoms with Crippen molar-refractivity contribution < 1.29 is 19.1 Å². The van der Waals surface area contributed by atoms with E-state index < -0.39 is 11.0 Å². The van der Waals surface area contributed by atoms with Gasteiger partial charge in [-0.1, -0.05) is 56.3 Å². The number of nitrogens with one attached hydrogen (secondary N) is 2. The van der Waals surface area contributed by atoms with Crippen LogP contribution in [0.5, 0.6) is 0 Å². The fourth-order valence-corrected chi connectivity index (χ4v) is 6.38. The van der Waals surface area contributed by atoms with Crippen molar-refractivity contribution in [2.24, 2.45) is 0 Å². The molecule has 39 heavy (non-hydrogen) atoms. The third-order valence-electron chi connectivity index (χ3n) is 8.65. The number of amides is 3. The van der Waals surface area contributed by atoms with Crippen LogP contribution in [0.25, 0.3) is 0 Å². The van der Waals surface area contributed by atoms with Gasteiger partial charge in [-0.05, 0) is 60.6 Å². The highest BCUT2D eigenvalue weighted by Gasteiger charge is 2.51. The molecule has 3 aliphatic rings. The van der Waals surface area contributed by atoms with Gasteiger partial charge in [0.1, 0.15) is 18.0 Å². The molecular formula is C31H32N4O4. The minimum absolute atomic E-state index is 0.0360. The molecule has 2 aromatic carbocycles. The van der Waals surface area contributed by atoms with Gasteiger partial charge in [0.15, 0.2) is 0 Å². The van der Waals surface area contributed by atoms with Crippen LogP contribution in [0.1, 0.15) is 55.0 Å². The molecule has 2 unspecified atom stereocenters. The van der Waals surface area contributed by atoms with Gasteiger partial charge in [-0.15, -0.1) is 0 Å². The number of anilines is 2. The number of ether oxygens (including phenoxy) is 1. The Labute approximate surface area is 227 Å². The Hall–Kier alpha value is -4.04. The zero-order valence-corrected chi connectivity index (χ0v) is 22.2. The molecule has 8 heteroatoms. The highest BCUT2D eigenvalue weighted by Crippen LogP contribution is 2.47. The standard InChI is InChI=1S/C31H32N4O4/c1-3-31(4-2)29(38)35(25(19-39-31)20-9-6-5-7-10-20)18-26(36)33-23-13-12-21-16-30(17-22(21)15-23)24-11-8-14-32-27(24)34-28(30)37/h5-15,25H,3-4,16-19H2,1-2H3,(H,33,36)(H,32,34,37). The van der Waals surface area contributed by atoms with E-state index in [0.29, 0.717) is 43.8 Å². The molecule has 6 rings (SSSR count). The molecule has 1 saturated heterocycles. The Kier molecular flexibility index (Phi) is 6.22. The van der Waals surface area contributed by atoms with E-state index in [1.54, 1.807) is 11.1 Å². The smallest absolute Gasteiger partial charge is 0.255 e. The van der Waals surface area contributed by atoms with Crippen molar-refractivity contribution >= 4 is 29.2 Å². The van der Waals surface area contributed by atoms with Gasteiger partial charge in [0.25, 0.3) is 5.91 Å². The fraction of sp³-hybridized carbons (Fsp3) is 0.355. The van der Waals surface area contributed by atoms with E-state index >= 15 is 0 Å². The van der Waals surface area contributed by atoms with Crippen LogP contribution in [0.4, 0.5) is 11.5 Å². The lowest BCUT2D eigenvalue weighted by molar-refractivity contribution is -0.182. The largest absolute Gasteiger partial charge is 0.363 e. The molecule has 2 aliphatic heterocycles. The average Bonchev–Trinajstić information content (AvgIpc) is 3.47. The Morgan fingerprint density at radius 3 is 2.59 bits per heavy atom. The normalized spacial score (nSPS) is 22.9. The molecule has 200 valence electrons. The van der Waals surface area contributed by atoms with Gasteiger partial charge in [-0.2, -0.15) is 0 Å². The third-order valence-corrected chi connectivity index (χ3v) is 8.65. The number of hydrogen-bond acceptors (Lipinski definition) is 5. The second-order valence-electron chi connectivity index (χ2n) is 10.7. The van der Waals surface area contributed by atoms with Crippen LogP contribution in [-0.4, -0.2) is 46.4 Å². The van der Waals surface area contributed by atoms with Crippen molar-refractivity contribution in [2.75, 3.05) is 23.8 Å². The number of hydrogen-bond donors (Lipinski definition) is 2. The van der Waals surface area contributed by atoms with Crippen molar-refractivity contribution in [2.45, 2.75) is 56.6 Å². The Morgan fingerprint density at radius 1 is 1.05 bits per heavy atom. The first-order valence-corrected chi connectivity index (χ1v) is 13.6. The van der Waals surface area contributed by atoms with E-state index in [4.69, 9.17) is 4.74 Å². The molecule has 3 heterocycles. The van der Waals surface area contributed by atoms with E-state index in [0.717, 1.165) is 22.3 Å². The summed E-state index contributed by atoms with van der Waals surface area (Å²) in [4.78, 5) is 46.0. The maximum atomic E-state index is 13.7. The molecule has 0 radical (unpaired) electrons. The predicted octanol–water partition coefficient (Wildman–Crippen LogP) is 4.17. The van der Waals surface area contributed by atoms with Crippen LogP contribution in [-0.2, 0) is 37.4 Å². The highest BCUT2D eigenvalue weighted by atomic mass is 16.5. The molecule has 1 spiro atoms. The summed E-state index contributed by atoms with van der Waals surface area (Å²) in [6.45, 7) is 4.15. The lowest BCUT2D eigenvalue weighted by Crippen LogP contribution is -2.58. The summed E-state index contributed by atoms with van der Waals surface area (Å²) in [5.74, 6) is 0.166. The average molecular weight is 525 g/mol. The number of benzene rings is 2. The van der Waals surface area contributed by atoms with E-state index in [-0.39, 0.29) is 30.3 Å². The van der Waals surface area contributed by atoms with Crippen molar-refractivity contribution in [3.05, 3.63) is 89.1 Å². The monoisotopic (exact) mass is 524 g/mol. The number of rotatable bonds is 6. The number of carbonyl (C=O) groups is 3. The fourth-order valence-electron chi connectivity index (χ4n) is 6.38. The zero-order chi connectivity index (χ0) is 27.2. The number of aromatic nitrogens is 1. The number of morpholine rings is 1. The zero-order valence-electron chi connectivity index (χ0n) is 22.2. The van der Waals surface area contributed by atoms with Crippen LogP contribution >= 0.6 is 0 Å². The second kappa shape index (κ2) is 9.61. The van der Waals surface area contributed by atoms with Gasteiger partial charge in [0, 0.05) is 17.4 Å². The summed E-state index contributed by atoms with van der Waals surface area (Å²) in [5, 5.41) is 5.93. The number of carbonyl (C=O) groups excluding carboxylic acids is 3. The van der Waals surface area contributed by atoms with Gasteiger partial charge in [-0.25, -0.2) is 4.98 Å². The minimum atomic E-state index is -0.916. The number of pyridine rings is 1. The Bertz CT molecular complexity index is 1450. The van der Waals surface area contributed by atoms with Gasteiger partial charge < -0.3 is 20.3 Å². The Morgan fingerprint density at radius 2 is 1.82 bits per heavy atom. The quantitative estimate of drug-likeness (QED) is 0.504. The molecule has 2 N–H and O–H groups in total. The van der Waals surface area contributed by atoms with E-state index in [2.05, 4.69) is 15.6 Å². The maximum Gasteiger partial charge on any atom is 0.255 e. The second-order valence-corrected chi connectivity index (χ2v) is 10.7. The summed E-state index contributed by atoms with van der Waals surface area (Å²) >= 11 is 0. The molecule has 0 saturated carbocycles. The molecule has 3 amide bonds. The van der Waals surface area contributed by atoms with Gasteiger partial charge in [0.2, 0.25) is 11.8 Å². The SMILES string of the molecule is CCC1(CC)OCC(c2ccccc2)N(CC(=O)Nc2ccc3c(c2)CC2(C3)C(=O)Nc3ncccc32)C1=O. The molecule has 1 aliphatic carbocycles. The lowest BCUT2D eigenvalue weighted by Gasteiger charge is -2.45. The van der Waals surface area contributed by atoms with Gasteiger partial charge in [0.05, 0.1) is 18.1 Å². The maximum absolute atomic E-state index is 13.7. The highest BCUT2D eigenvalue weighted by molar-refractivity contribution is 6.06. The molecule has 3 aromatic rings. The van der Waals surface area contributed by atoms with Gasteiger partial charge in [-0.3, -0.25) is 14.4 Å². The summed E-state index contributed by atoms with van der Waals surface area (Å²) in [5.41, 5.74) is 3.04. The van der Waals surface area contributed by atoms with Crippen molar-refractivity contribution in [3.63, 3.8) is 0 Å². The van der Waals surface area contributed by atoms with Crippen LogP contribution in [0.15, 0.2) is 66.9 Å². The Balaban J connectivity index is 1.22. The topological polar surface area (TPSA) is 101 Å². The molecule has 0 bridgehead atoms. The van der Waals surface area contributed by atoms with Crippen LogP contribution in [0.3, 0.4) is 0 Å². The van der Waals surface area contributed by atoms with Crippen molar-refractivity contribution in [1.29, 1.82) is 0 Å².